The van der Waals surface area contributed by atoms with Crippen LogP contribution in [0.15, 0.2) is 66.7 Å². The fourth-order valence-corrected chi connectivity index (χ4v) is 3.86. The first-order valence-corrected chi connectivity index (χ1v) is 9.58. The maximum Gasteiger partial charge on any atom is 0.181 e. The van der Waals surface area contributed by atoms with Crippen molar-refractivity contribution in [3.8, 4) is 22.8 Å². The number of fused-ring (bicyclic) bond motifs is 1. The van der Waals surface area contributed by atoms with E-state index in [1.807, 2.05) is 0 Å². The van der Waals surface area contributed by atoms with Gasteiger partial charge in [-0.3, -0.25) is 10.00 Å². The quantitative estimate of drug-likeness (QED) is 0.568. The number of nitrogens with one attached hydrogen (secondary N) is 1. The summed E-state index contributed by atoms with van der Waals surface area (Å²) in [6.07, 6.45) is 2.63. The van der Waals surface area contributed by atoms with Crippen molar-refractivity contribution in [2.75, 3.05) is 13.1 Å². The fraction of sp³-hybridized carbons (Fsp3) is 0.217. The lowest BCUT2D eigenvalue weighted by Gasteiger charge is -2.14. The summed E-state index contributed by atoms with van der Waals surface area (Å²) in [6.45, 7) is 3.42. The number of rotatable bonds is 4. The molecule has 1 saturated heterocycles. The van der Waals surface area contributed by atoms with E-state index < -0.39 is 0 Å². The third kappa shape index (κ3) is 3.36. The summed E-state index contributed by atoms with van der Waals surface area (Å²) in [5, 5.41) is 10.0. The van der Waals surface area contributed by atoms with Crippen LogP contribution in [0.25, 0.3) is 33.5 Å². The van der Waals surface area contributed by atoms with Gasteiger partial charge in [0.25, 0.3) is 0 Å². The molecule has 0 amide bonds. The normalized spacial score (nSPS) is 14.8. The van der Waals surface area contributed by atoms with Crippen molar-refractivity contribution in [1.29, 1.82) is 0 Å². The first-order chi connectivity index (χ1) is 13.3. The number of aromatic amines is 1. The smallest absolute Gasteiger partial charge is 0.181 e. The highest BCUT2D eigenvalue weighted by molar-refractivity contribution is 5.86. The molecule has 134 valence electrons. The Morgan fingerprint density at radius 2 is 1.67 bits per heavy atom. The van der Waals surface area contributed by atoms with E-state index in [1.165, 1.54) is 42.3 Å². The van der Waals surface area contributed by atoms with E-state index in [2.05, 4.69) is 81.8 Å². The van der Waals surface area contributed by atoms with Gasteiger partial charge in [-0.25, -0.2) is 4.98 Å². The molecule has 0 unspecified atom stereocenters. The van der Waals surface area contributed by atoms with Gasteiger partial charge in [-0.15, -0.1) is 0 Å². The Kier molecular flexibility index (Phi) is 4.18. The number of hydrogen-bond acceptors (Lipinski definition) is 3. The minimum atomic E-state index is 0.751. The maximum absolute atomic E-state index is 4.75. The van der Waals surface area contributed by atoms with Crippen LogP contribution in [0.1, 0.15) is 18.4 Å². The number of benzene rings is 3. The van der Waals surface area contributed by atoms with Gasteiger partial charge in [-0.1, -0.05) is 54.6 Å². The predicted octanol–water partition coefficient (Wildman–Crippen LogP) is 4.89. The zero-order chi connectivity index (χ0) is 18.1. The maximum atomic E-state index is 4.75. The Morgan fingerprint density at radius 1 is 0.815 bits per heavy atom. The molecule has 1 aliphatic heterocycles. The topological polar surface area (TPSA) is 44.8 Å². The number of hydrogen-bond donors (Lipinski definition) is 1. The molecule has 4 aromatic rings. The second-order valence-electron chi connectivity index (χ2n) is 7.25. The second-order valence-corrected chi connectivity index (χ2v) is 7.25. The average molecular weight is 354 g/mol. The van der Waals surface area contributed by atoms with Crippen LogP contribution in [0.2, 0.25) is 0 Å². The summed E-state index contributed by atoms with van der Waals surface area (Å²) in [5.74, 6) is 1.56. The molecule has 1 N–H and O–H groups in total. The van der Waals surface area contributed by atoms with Gasteiger partial charge in [0.05, 0.1) is 0 Å². The monoisotopic (exact) mass is 354 g/mol. The number of aromatic nitrogens is 3. The minimum absolute atomic E-state index is 0.751. The van der Waals surface area contributed by atoms with Crippen LogP contribution < -0.4 is 0 Å². The van der Waals surface area contributed by atoms with Gasteiger partial charge in [0.15, 0.2) is 11.6 Å². The third-order valence-corrected chi connectivity index (χ3v) is 5.30. The average Bonchev–Trinajstić information content (AvgIpc) is 3.40. The Morgan fingerprint density at radius 3 is 2.56 bits per heavy atom. The molecule has 1 fully saturated rings. The molecule has 4 nitrogen and oxygen atoms in total. The molecule has 0 saturated carbocycles. The molecule has 0 atom stereocenters. The SMILES string of the molecule is c1cc(CN2CCCC2)cc(-c2n[nH]c(-c3ccc4ccccc4c3)n2)c1. The zero-order valence-corrected chi connectivity index (χ0v) is 15.2. The van der Waals surface area contributed by atoms with Crippen LogP contribution in [0.3, 0.4) is 0 Å². The van der Waals surface area contributed by atoms with Crippen LogP contribution in [0.5, 0.6) is 0 Å². The molecule has 5 rings (SSSR count). The Balaban J connectivity index is 1.42. The van der Waals surface area contributed by atoms with Crippen molar-refractivity contribution in [2.45, 2.75) is 19.4 Å². The first-order valence-electron chi connectivity index (χ1n) is 9.58. The van der Waals surface area contributed by atoms with Gasteiger partial charge in [0.2, 0.25) is 0 Å². The van der Waals surface area contributed by atoms with Crippen molar-refractivity contribution in [2.24, 2.45) is 0 Å². The van der Waals surface area contributed by atoms with Gasteiger partial charge >= 0.3 is 0 Å². The Bertz CT molecular complexity index is 1080. The van der Waals surface area contributed by atoms with Crippen molar-refractivity contribution in [3.05, 3.63) is 72.3 Å². The van der Waals surface area contributed by atoms with Crippen molar-refractivity contribution < 1.29 is 0 Å². The lowest BCUT2D eigenvalue weighted by molar-refractivity contribution is 0.331. The lowest BCUT2D eigenvalue weighted by atomic mass is 10.1. The summed E-state index contributed by atoms with van der Waals surface area (Å²) < 4.78 is 0. The molecule has 4 heteroatoms. The summed E-state index contributed by atoms with van der Waals surface area (Å²) >= 11 is 0. The van der Waals surface area contributed by atoms with Gasteiger partial charge in [0, 0.05) is 17.7 Å². The van der Waals surface area contributed by atoms with Gasteiger partial charge in [-0.05, 0) is 54.4 Å². The van der Waals surface area contributed by atoms with E-state index in [9.17, 15) is 0 Å². The van der Waals surface area contributed by atoms with E-state index in [0.717, 1.165) is 29.3 Å². The van der Waals surface area contributed by atoms with Crippen LogP contribution in [-0.2, 0) is 6.54 Å². The fourth-order valence-electron chi connectivity index (χ4n) is 3.86. The molecule has 3 aromatic carbocycles. The summed E-state index contributed by atoms with van der Waals surface area (Å²) in [4.78, 5) is 7.26. The Hall–Kier alpha value is -2.98. The second kappa shape index (κ2) is 6.97. The molecule has 0 spiro atoms. The van der Waals surface area contributed by atoms with Crippen molar-refractivity contribution >= 4 is 10.8 Å². The summed E-state index contributed by atoms with van der Waals surface area (Å²) in [5.41, 5.74) is 3.45. The standard InChI is InChI=1S/C23H22N4/c1-2-8-19-15-21(11-10-18(19)7-1)23-24-22(25-26-23)20-9-5-6-17(14-20)16-27-12-3-4-13-27/h1-2,5-11,14-15H,3-4,12-13,16H2,(H,24,25,26). The molecule has 0 radical (unpaired) electrons. The first kappa shape index (κ1) is 16.2. The number of nitrogens with zero attached hydrogens (tertiary/aromatic N) is 3. The van der Waals surface area contributed by atoms with Crippen LogP contribution >= 0.6 is 0 Å². The highest BCUT2D eigenvalue weighted by Gasteiger charge is 2.13. The molecule has 1 aromatic heterocycles. The van der Waals surface area contributed by atoms with Crippen LogP contribution in [-0.4, -0.2) is 33.2 Å². The Labute approximate surface area is 158 Å². The van der Waals surface area contributed by atoms with E-state index in [4.69, 9.17) is 4.98 Å². The van der Waals surface area contributed by atoms with Crippen LogP contribution in [0, 0.1) is 0 Å². The summed E-state index contributed by atoms with van der Waals surface area (Å²) in [6, 6.07) is 23.3. The zero-order valence-electron chi connectivity index (χ0n) is 15.2. The highest BCUT2D eigenvalue weighted by atomic mass is 15.2. The van der Waals surface area contributed by atoms with E-state index >= 15 is 0 Å². The highest BCUT2D eigenvalue weighted by Crippen LogP contribution is 2.25. The molecular formula is C23H22N4. The van der Waals surface area contributed by atoms with Crippen LogP contribution in [0.4, 0.5) is 0 Å². The number of H-pyrrole nitrogens is 1. The molecule has 0 aliphatic carbocycles. The minimum Gasteiger partial charge on any atom is -0.299 e. The van der Waals surface area contributed by atoms with E-state index in [1.54, 1.807) is 0 Å². The molecule has 2 heterocycles. The molecule has 0 bridgehead atoms. The van der Waals surface area contributed by atoms with Gasteiger partial charge in [-0.2, -0.15) is 5.10 Å². The largest absolute Gasteiger partial charge is 0.299 e. The lowest BCUT2D eigenvalue weighted by Crippen LogP contribution is -2.18. The summed E-state index contributed by atoms with van der Waals surface area (Å²) in [7, 11) is 0. The van der Waals surface area contributed by atoms with Gasteiger partial charge in [0.1, 0.15) is 0 Å². The van der Waals surface area contributed by atoms with Crippen molar-refractivity contribution in [1.82, 2.24) is 20.1 Å². The van der Waals surface area contributed by atoms with Gasteiger partial charge < -0.3 is 0 Å². The number of likely N-dealkylation sites (tertiary alicyclic amines) is 1. The molecule has 27 heavy (non-hydrogen) atoms. The van der Waals surface area contributed by atoms with E-state index in [-0.39, 0.29) is 0 Å². The van der Waals surface area contributed by atoms with Crippen molar-refractivity contribution in [3.63, 3.8) is 0 Å². The third-order valence-electron chi connectivity index (χ3n) is 5.30. The predicted molar refractivity (Wildman–Crippen MR) is 109 cm³/mol. The molecular weight excluding hydrogens is 332 g/mol. The van der Waals surface area contributed by atoms with E-state index in [0.29, 0.717) is 0 Å². The molecule has 1 aliphatic rings.